The zero-order chi connectivity index (χ0) is 11.7. The highest BCUT2D eigenvalue weighted by Gasteiger charge is 2.11. The predicted molar refractivity (Wildman–Crippen MR) is 68.0 cm³/mol. The molecule has 0 spiro atoms. The molecular weight excluding hydrogens is 210 g/mol. The van der Waals surface area contributed by atoms with E-state index < -0.39 is 0 Å². The number of nitrogens with zero attached hydrogens (tertiary/aromatic N) is 1. The number of pyridine rings is 1. The van der Waals surface area contributed by atoms with Gasteiger partial charge < -0.3 is 5.11 Å². The van der Waals surface area contributed by atoms with Crippen molar-refractivity contribution in [1.82, 2.24) is 4.98 Å². The van der Waals surface area contributed by atoms with E-state index in [-0.39, 0.29) is 0 Å². The molecule has 0 fully saturated rings. The number of aromatic hydroxyl groups is 1. The minimum atomic E-state index is 0.305. The summed E-state index contributed by atoms with van der Waals surface area (Å²) in [5.41, 5.74) is 4.91. The zero-order valence-electron chi connectivity index (χ0n) is 9.69. The molecule has 2 heteroatoms. The topological polar surface area (TPSA) is 33.1 Å². The van der Waals surface area contributed by atoms with Gasteiger partial charge >= 0.3 is 0 Å². The third-order valence-electron chi connectivity index (χ3n) is 3.37. The molecule has 0 aliphatic heterocycles. The Labute approximate surface area is 101 Å². The molecule has 0 bridgehead atoms. The molecule has 0 radical (unpaired) electrons. The number of aromatic nitrogens is 1. The molecule has 1 aromatic heterocycles. The van der Waals surface area contributed by atoms with Crippen LogP contribution in [-0.2, 0) is 12.8 Å². The molecule has 1 aliphatic rings. The number of benzene rings is 1. The van der Waals surface area contributed by atoms with Gasteiger partial charge in [-0.15, -0.1) is 0 Å². The Balaban J connectivity index is 2.01. The van der Waals surface area contributed by atoms with Crippen molar-refractivity contribution in [3.8, 4) is 16.9 Å². The van der Waals surface area contributed by atoms with Crippen LogP contribution >= 0.6 is 0 Å². The Hall–Kier alpha value is -1.83. The van der Waals surface area contributed by atoms with Gasteiger partial charge in [0.1, 0.15) is 5.75 Å². The molecule has 0 unspecified atom stereocenters. The summed E-state index contributed by atoms with van der Waals surface area (Å²) in [4.78, 5) is 4.56. The molecular formula is C15H15NO. The Morgan fingerprint density at radius 1 is 0.941 bits per heavy atom. The highest BCUT2D eigenvalue weighted by Crippen LogP contribution is 2.26. The molecule has 1 heterocycles. The minimum Gasteiger partial charge on any atom is -0.508 e. The summed E-state index contributed by atoms with van der Waals surface area (Å²) < 4.78 is 0. The van der Waals surface area contributed by atoms with Gasteiger partial charge in [0.25, 0.3) is 0 Å². The summed E-state index contributed by atoms with van der Waals surface area (Å²) in [6.45, 7) is 0. The fraction of sp³-hybridized carbons (Fsp3) is 0.267. The van der Waals surface area contributed by atoms with E-state index in [0.29, 0.717) is 5.75 Å². The molecule has 2 aromatic rings. The number of aryl methyl sites for hydroxylation is 2. The maximum absolute atomic E-state index is 9.28. The first kappa shape index (κ1) is 10.3. The Morgan fingerprint density at radius 3 is 2.53 bits per heavy atom. The average molecular weight is 225 g/mol. The number of fused-ring (bicyclic) bond motifs is 1. The summed E-state index contributed by atoms with van der Waals surface area (Å²) in [5.74, 6) is 0.305. The number of hydrogen-bond donors (Lipinski definition) is 1. The van der Waals surface area contributed by atoms with Gasteiger partial charge in [-0.3, -0.25) is 4.98 Å². The van der Waals surface area contributed by atoms with Crippen molar-refractivity contribution in [2.45, 2.75) is 25.7 Å². The number of rotatable bonds is 1. The first-order chi connectivity index (χ1) is 8.33. The third-order valence-corrected chi connectivity index (χ3v) is 3.37. The largest absolute Gasteiger partial charge is 0.508 e. The molecule has 0 saturated heterocycles. The quantitative estimate of drug-likeness (QED) is 0.807. The lowest BCUT2D eigenvalue weighted by Gasteiger charge is -2.15. The lowest BCUT2D eigenvalue weighted by Crippen LogP contribution is -2.04. The van der Waals surface area contributed by atoms with Crippen LogP contribution in [0, 0.1) is 0 Å². The van der Waals surface area contributed by atoms with Crippen molar-refractivity contribution >= 4 is 0 Å². The van der Waals surface area contributed by atoms with Crippen LogP contribution in [0.4, 0.5) is 0 Å². The van der Waals surface area contributed by atoms with Gasteiger partial charge in [-0.25, -0.2) is 0 Å². The lowest BCUT2D eigenvalue weighted by molar-refractivity contribution is 0.475. The molecule has 3 rings (SSSR count). The Kier molecular flexibility index (Phi) is 2.56. The molecule has 86 valence electrons. The van der Waals surface area contributed by atoms with Crippen LogP contribution in [-0.4, -0.2) is 10.1 Å². The molecule has 0 amide bonds. The van der Waals surface area contributed by atoms with Gasteiger partial charge in [-0.05, 0) is 55.0 Å². The standard InChI is InChI=1S/C15H15NO/c17-14-7-5-11(6-8-14)13-9-12-3-1-2-4-15(12)16-10-13/h5-10,17H,1-4H2. The molecule has 1 aromatic carbocycles. The fourth-order valence-electron chi connectivity index (χ4n) is 2.40. The summed E-state index contributed by atoms with van der Waals surface area (Å²) in [6.07, 6.45) is 6.74. The van der Waals surface area contributed by atoms with Gasteiger partial charge in [0.15, 0.2) is 0 Å². The van der Waals surface area contributed by atoms with Crippen molar-refractivity contribution < 1.29 is 5.11 Å². The Bertz CT molecular complexity index is 531. The lowest BCUT2D eigenvalue weighted by atomic mass is 9.94. The smallest absolute Gasteiger partial charge is 0.115 e. The summed E-state index contributed by atoms with van der Waals surface area (Å²) in [5, 5.41) is 9.28. The normalized spacial score (nSPS) is 14.4. The van der Waals surface area contributed by atoms with Crippen LogP contribution in [0.5, 0.6) is 5.75 Å². The number of phenolic OH excluding ortho intramolecular Hbond substituents is 1. The van der Waals surface area contributed by atoms with Gasteiger partial charge in [0.2, 0.25) is 0 Å². The van der Waals surface area contributed by atoms with E-state index in [4.69, 9.17) is 0 Å². The minimum absolute atomic E-state index is 0.305. The molecule has 0 atom stereocenters. The molecule has 2 nitrogen and oxygen atoms in total. The molecule has 17 heavy (non-hydrogen) atoms. The van der Waals surface area contributed by atoms with Crippen LogP contribution < -0.4 is 0 Å². The van der Waals surface area contributed by atoms with Crippen LogP contribution in [0.3, 0.4) is 0 Å². The SMILES string of the molecule is Oc1ccc(-c2cnc3c(c2)CCCC3)cc1. The number of hydrogen-bond acceptors (Lipinski definition) is 2. The first-order valence-electron chi connectivity index (χ1n) is 6.10. The van der Waals surface area contributed by atoms with Gasteiger partial charge in [-0.2, -0.15) is 0 Å². The van der Waals surface area contributed by atoms with Crippen LogP contribution in [0.15, 0.2) is 36.5 Å². The average Bonchev–Trinajstić information content (AvgIpc) is 2.39. The summed E-state index contributed by atoms with van der Waals surface area (Å²) in [6, 6.07) is 9.54. The second-order valence-corrected chi connectivity index (χ2v) is 4.58. The zero-order valence-corrected chi connectivity index (χ0v) is 9.69. The van der Waals surface area contributed by atoms with Gasteiger partial charge in [0, 0.05) is 17.5 Å². The first-order valence-corrected chi connectivity index (χ1v) is 6.10. The molecule has 1 aliphatic carbocycles. The predicted octanol–water partition coefficient (Wildman–Crippen LogP) is 3.33. The summed E-state index contributed by atoms with van der Waals surface area (Å²) >= 11 is 0. The van der Waals surface area contributed by atoms with Crippen molar-refractivity contribution in [3.05, 3.63) is 47.8 Å². The maximum Gasteiger partial charge on any atom is 0.115 e. The van der Waals surface area contributed by atoms with Crippen molar-refractivity contribution in [2.24, 2.45) is 0 Å². The second kappa shape index (κ2) is 4.21. The second-order valence-electron chi connectivity index (χ2n) is 4.58. The van der Waals surface area contributed by atoms with E-state index in [1.54, 1.807) is 12.1 Å². The fourth-order valence-corrected chi connectivity index (χ4v) is 2.40. The van der Waals surface area contributed by atoms with Gasteiger partial charge in [0.05, 0.1) is 0 Å². The van der Waals surface area contributed by atoms with Crippen LogP contribution in [0.1, 0.15) is 24.1 Å². The van der Waals surface area contributed by atoms with Gasteiger partial charge in [-0.1, -0.05) is 12.1 Å². The molecule has 1 N–H and O–H groups in total. The maximum atomic E-state index is 9.28. The van der Waals surface area contributed by atoms with Crippen molar-refractivity contribution in [3.63, 3.8) is 0 Å². The monoisotopic (exact) mass is 225 g/mol. The van der Waals surface area contributed by atoms with E-state index in [1.807, 2.05) is 18.3 Å². The third kappa shape index (κ3) is 2.03. The van der Waals surface area contributed by atoms with Crippen LogP contribution in [0.25, 0.3) is 11.1 Å². The van der Waals surface area contributed by atoms with E-state index in [1.165, 1.54) is 24.1 Å². The Morgan fingerprint density at radius 2 is 1.71 bits per heavy atom. The van der Waals surface area contributed by atoms with E-state index in [0.717, 1.165) is 24.0 Å². The van der Waals surface area contributed by atoms with Crippen molar-refractivity contribution in [2.75, 3.05) is 0 Å². The van der Waals surface area contributed by atoms with E-state index >= 15 is 0 Å². The number of phenols is 1. The van der Waals surface area contributed by atoms with E-state index in [9.17, 15) is 5.11 Å². The summed E-state index contributed by atoms with van der Waals surface area (Å²) in [7, 11) is 0. The van der Waals surface area contributed by atoms with E-state index in [2.05, 4.69) is 11.1 Å². The molecule has 0 saturated carbocycles. The van der Waals surface area contributed by atoms with Crippen LogP contribution in [0.2, 0.25) is 0 Å². The highest BCUT2D eigenvalue weighted by molar-refractivity contribution is 5.64. The highest BCUT2D eigenvalue weighted by atomic mass is 16.3. The van der Waals surface area contributed by atoms with Crippen molar-refractivity contribution in [1.29, 1.82) is 0 Å².